The van der Waals surface area contributed by atoms with Crippen molar-refractivity contribution in [2.45, 2.75) is 39.2 Å². The molecule has 1 aliphatic carbocycles. The van der Waals surface area contributed by atoms with Crippen LogP contribution in [-0.2, 0) is 0 Å². The normalized spacial score (nSPS) is 14.8. The molecule has 0 saturated heterocycles. The standard InChI is InChI=1S/C16H22N2OS/c1-12(2)11-17-16(20)18(14-9-6-10-14)15(19)13-7-4-3-5-8-13/h3-5,7-8,12,14H,6,9-11H2,1-2H3,(H,17,20). The van der Waals surface area contributed by atoms with Gasteiger partial charge in [-0.1, -0.05) is 32.0 Å². The van der Waals surface area contributed by atoms with E-state index in [1.165, 1.54) is 6.42 Å². The van der Waals surface area contributed by atoms with E-state index in [1.807, 2.05) is 30.3 Å². The number of carbonyl (C=O) groups is 1. The van der Waals surface area contributed by atoms with Crippen LogP contribution in [0.15, 0.2) is 30.3 Å². The Morgan fingerprint density at radius 1 is 1.35 bits per heavy atom. The third-order valence-electron chi connectivity index (χ3n) is 3.56. The minimum absolute atomic E-state index is 0.0107. The first kappa shape index (κ1) is 15.0. The number of carbonyl (C=O) groups excluding carboxylic acids is 1. The van der Waals surface area contributed by atoms with E-state index in [0.717, 1.165) is 19.4 Å². The van der Waals surface area contributed by atoms with E-state index >= 15 is 0 Å². The van der Waals surface area contributed by atoms with Gasteiger partial charge in [-0.2, -0.15) is 0 Å². The number of nitrogens with one attached hydrogen (secondary N) is 1. The Hall–Kier alpha value is -1.42. The number of benzene rings is 1. The van der Waals surface area contributed by atoms with E-state index in [0.29, 0.717) is 16.6 Å². The topological polar surface area (TPSA) is 32.3 Å². The summed E-state index contributed by atoms with van der Waals surface area (Å²) >= 11 is 5.44. The van der Waals surface area contributed by atoms with Gasteiger partial charge in [-0.25, -0.2) is 0 Å². The molecule has 1 aromatic rings. The van der Waals surface area contributed by atoms with Crippen LogP contribution in [0.5, 0.6) is 0 Å². The van der Waals surface area contributed by atoms with Crippen LogP contribution in [0.4, 0.5) is 0 Å². The molecule has 0 radical (unpaired) electrons. The molecule has 0 bridgehead atoms. The second-order valence-electron chi connectivity index (χ2n) is 5.71. The Morgan fingerprint density at radius 2 is 2.00 bits per heavy atom. The van der Waals surface area contributed by atoms with Crippen molar-refractivity contribution < 1.29 is 4.79 Å². The average molecular weight is 290 g/mol. The Kier molecular flexibility index (Phi) is 5.12. The highest BCUT2D eigenvalue weighted by molar-refractivity contribution is 7.80. The largest absolute Gasteiger partial charge is 0.362 e. The Balaban J connectivity index is 2.11. The van der Waals surface area contributed by atoms with Crippen molar-refractivity contribution in [3.05, 3.63) is 35.9 Å². The molecule has 1 aromatic carbocycles. The maximum absolute atomic E-state index is 12.7. The first-order valence-corrected chi connectivity index (χ1v) is 7.67. The van der Waals surface area contributed by atoms with Crippen molar-refractivity contribution in [1.29, 1.82) is 0 Å². The summed E-state index contributed by atoms with van der Waals surface area (Å²) < 4.78 is 0. The lowest BCUT2D eigenvalue weighted by atomic mass is 9.91. The maximum Gasteiger partial charge on any atom is 0.260 e. The molecule has 1 amide bonds. The average Bonchev–Trinajstić information content (AvgIpc) is 2.40. The van der Waals surface area contributed by atoms with Crippen LogP contribution in [0.1, 0.15) is 43.5 Å². The molecule has 1 saturated carbocycles. The SMILES string of the molecule is CC(C)CNC(=S)N(C(=O)c1ccccc1)C1CCC1. The molecule has 1 aliphatic rings. The number of thiocarbonyl (C=S) groups is 1. The second-order valence-corrected chi connectivity index (χ2v) is 6.09. The van der Waals surface area contributed by atoms with Crippen LogP contribution < -0.4 is 5.32 Å². The molecule has 108 valence electrons. The smallest absolute Gasteiger partial charge is 0.260 e. The van der Waals surface area contributed by atoms with Crippen molar-refractivity contribution in [1.82, 2.24) is 10.2 Å². The van der Waals surface area contributed by atoms with Crippen molar-refractivity contribution in [3.63, 3.8) is 0 Å². The lowest BCUT2D eigenvalue weighted by molar-refractivity contribution is 0.0742. The van der Waals surface area contributed by atoms with Gasteiger partial charge in [0.25, 0.3) is 5.91 Å². The lowest BCUT2D eigenvalue weighted by Gasteiger charge is -2.37. The van der Waals surface area contributed by atoms with Crippen LogP contribution in [0.2, 0.25) is 0 Å². The summed E-state index contributed by atoms with van der Waals surface area (Å²) in [5.41, 5.74) is 0.702. The molecule has 3 nitrogen and oxygen atoms in total. The molecule has 1 N–H and O–H groups in total. The molecule has 4 heteroatoms. The van der Waals surface area contributed by atoms with Crippen LogP contribution in [-0.4, -0.2) is 28.5 Å². The minimum Gasteiger partial charge on any atom is -0.362 e. The summed E-state index contributed by atoms with van der Waals surface area (Å²) in [4.78, 5) is 14.4. The second kappa shape index (κ2) is 6.84. The van der Waals surface area contributed by atoms with Gasteiger partial charge in [0.05, 0.1) is 0 Å². The summed E-state index contributed by atoms with van der Waals surface area (Å²) in [6, 6.07) is 9.64. The van der Waals surface area contributed by atoms with Gasteiger partial charge in [0.2, 0.25) is 0 Å². The Bertz CT molecular complexity index is 469. The van der Waals surface area contributed by atoms with Crippen LogP contribution in [0.25, 0.3) is 0 Å². The van der Waals surface area contributed by atoms with E-state index in [-0.39, 0.29) is 11.9 Å². The lowest BCUT2D eigenvalue weighted by Crippen LogP contribution is -2.52. The molecular weight excluding hydrogens is 268 g/mol. The number of hydrogen-bond acceptors (Lipinski definition) is 2. The maximum atomic E-state index is 12.7. The van der Waals surface area contributed by atoms with Crippen LogP contribution in [0, 0.1) is 5.92 Å². The fourth-order valence-corrected chi connectivity index (χ4v) is 2.48. The summed E-state index contributed by atoms with van der Waals surface area (Å²) in [5.74, 6) is 0.513. The molecule has 0 aromatic heterocycles. The minimum atomic E-state index is 0.0107. The zero-order valence-electron chi connectivity index (χ0n) is 12.1. The van der Waals surface area contributed by atoms with Gasteiger partial charge in [0.15, 0.2) is 5.11 Å². The van der Waals surface area contributed by atoms with Gasteiger partial charge in [-0.15, -0.1) is 0 Å². The van der Waals surface area contributed by atoms with Gasteiger partial charge in [0, 0.05) is 18.2 Å². The molecule has 0 atom stereocenters. The first-order chi connectivity index (χ1) is 9.59. The van der Waals surface area contributed by atoms with Gasteiger partial charge < -0.3 is 5.32 Å². The molecule has 0 spiro atoms. The monoisotopic (exact) mass is 290 g/mol. The number of nitrogens with zero attached hydrogens (tertiary/aromatic N) is 1. The molecule has 20 heavy (non-hydrogen) atoms. The zero-order chi connectivity index (χ0) is 14.5. The highest BCUT2D eigenvalue weighted by Gasteiger charge is 2.32. The molecular formula is C16H22N2OS. The molecule has 2 rings (SSSR count). The van der Waals surface area contributed by atoms with Crippen LogP contribution >= 0.6 is 12.2 Å². The molecule has 0 heterocycles. The number of amides is 1. The van der Waals surface area contributed by atoms with Crippen molar-refractivity contribution in [3.8, 4) is 0 Å². The third-order valence-corrected chi connectivity index (χ3v) is 3.90. The van der Waals surface area contributed by atoms with E-state index < -0.39 is 0 Å². The van der Waals surface area contributed by atoms with Crippen LogP contribution in [0.3, 0.4) is 0 Å². The van der Waals surface area contributed by atoms with Gasteiger partial charge in [0.1, 0.15) is 0 Å². The van der Waals surface area contributed by atoms with E-state index in [4.69, 9.17) is 12.2 Å². The fraction of sp³-hybridized carbons (Fsp3) is 0.500. The Labute approximate surface area is 126 Å². The van der Waals surface area contributed by atoms with Gasteiger partial charge >= 0.3 is 0 Å². The summed E-state index contributed by atoms with van der Waals surface area (Å²) in [5, 5.41) is 3.79. The quantitative estimate of drug-likeness (QED) is 0.864. The van der Waals surface area contributed by atoms with Crippen molar-refractivity contribution in [2.24, 2.45) is 5.92 Å². The highest BCUT2D eigenvalue weighted by atomic mass is 32.1. The number of rotatable bonds is 4. The molecule has 1 fully saturated rings. The van der Waals surface area contributed by atoms with Gasteiger partial charge in [-0.05, 0) is 49.5 Å². The fourth-order valence-electron chi connectivity index (χ4n) is 2.17. The first-order valence-electron chi connectivity index (χ1n) is 7.26. The van der Waals surface area contributed by atoms with E-state index in [2.05, 4.69) is 19.2 Å². The zero-order valence-corrected chi connectivity index (χ0v) is 13.0. The number of hydrogen-bond donors (Lipinski definition) is 1. The summed E-state index contributed by atoms with van der Waals surface area (Å²) in [6.07, 6.45) is 3.26. The molecule has 0 unspecified atom stereocenters. The van der Waals surface area contributed by atoms with E-state index in [1.54, 1.807) is 4.90 Å². The van der Waals surface area contributed by atoms with Gasteiger partial charge in [-0.3, -0.25) is 9.69 Å². The predicted molar refractivity (Wildman–Crippen MR) is 85.7 cm³/mol. The van der Waals surface area contributed by atoms with E-state index in [9.17, 15) is 4.79 Å². The van der Waals surface area contributed by atoms with Crippen molar-refractivity contribution in [2.75, 3.05) is 6.54 Å². The molecule has 0 aliphatic heterocycles. The summed E-state index contributed by atoms with van der Waals surface area (Å²) in [7, 11) is 0. The Morgan fingerprint density at radius 3 is 2.50 bits per heavy atom. The third kappa shape index (κ3) is 3.57. The highest BCUT2D eigenvalue weighted by Crippen LogP contribution is 2.26. The van der Waals surface area contributed by atoms with Crippen molar-refractivity contribution >= 4 is 23.2 Å². The predicted octanol–water partition coefficient (Wildman–Crippen LogP) is 3.21. The summed E-state index contributed by atoms with van der Waals surface area (Å²) in [6.45, 7) is 5.05.